The summed E-state index contributed by atoms with van der Waals surface area (Å²) in [5.41, 5.74) is 3.22. The second-order valence-corrected chi connectivity index (χ2v) is 5.92. The minimum absolute atomic E-state index is 0.323. The highest BCUT2D eigenvalue weighted by molar-refractivity contribution is 14.1. The summed E-state index contributed by atoms with van der Waals surface area (Å²) >= 11 is 2.23. The molecule has 0 spiro atoms. The van der Waals surface area contributed by atoms with Crippen LogP contribution in [0.5, 0.6) is 0 Å². The maximum absolute atomic E-state index is 11.7. The van der Waals surface area contributed by atoms with E-state index in [9.17, 15) is 4.79 Å². The fourth-order valence-corrected chi connectivity index (χ4v) is 3.03. The van der Waals surface area contributed by atoms with Crippen LogP contribution in [0.1, 0.15) is 17.3 Å². The van der Waals surface area contributed by atoms with E-state index in [0.29, 0.717) is 17.9 Å². The van der Waals surface area contributed by atoms with E-state index in [1.165, 1.54) is 0 Å². The van der Waals surface area contributed by atoms with Gasteiger partial charge in [-0.1, -0.05) is 47.6 Å². The molecule has 0 amide bonds. The number of esters is 1. The monoisotopic (exact) mass is 419 g/mol. The SMILES string of the molecule is CCOC(=O)c1ccc(-c2onc(-c3ccccc3)c2I)cc1. The van der Waals surface area contributed by atoms with Crippen LogP contribution in [0.15, 0.2) is 59.1 Å². The molecule has 0 atom stereocenters. The van der Waals surface area contributed by atoms with Crippen LogP contribution in [0.4, 0.5) is 0 Å². The number of nitrogens with zero attached hydrogens (tertiary/aromatic N) is 1. The van der Waals surface area contributed by atoms with Gasteiger partial charge in [-0.3, -0.25) is 0 Å². The summed E-state index contributed by atoms with van der Waals surface area (Å²) in [6, 6.07) is 17.0. The van der Waals surface area contributed by atoms with Gasteiger partial charge >= 0.3 is 5.97 Å². The molecule has 0 aliphatic rings. The Morgan fingerprint density at radius 3 is 2.43 bits per heavy atom. The summed E-state index contributed by atoms with van der Waals surface area (Å²) in [6.07, 6.45) is 0. The Balaban J connectivity index is 1.91. The van der Waals surface area contributed by atoms with Gasteiger partial charge in [0.25, 0.3) is 0 Å². The van der Waals surface area contributed by atoms with Crippen LogP contribution in [0, 0.1) is 3.57 Å². The number of ether oxygens (including phenoxy) is 1. The molecule has 0 saturated heterocycles. The van der Waals surface area contributed by atoms with Crippen molar-refractivity contribution >= 4 is 28.6 Å². The van der Waals surface area contributed by atoms with E-state index >= 15 is 0 Å². The number of benzene rings is 2. The molecule has 3 rings (SSSR count). The third-order valence-corrected chi connectivity index (χ3v) is 4.34. The molecule has 0 bridgehead atoms. The highest BCUT2D eigenvalue weighted by atomic mass is 127. The number of carbonyl (C=O) groups excluding carboxylic acids is 1. The van der Waals surface area contributed by atoms with E-state index in [0.717, 1.165) is 20.4 Å². The number of halogens is 1. The second kappa shape index (κ2) is 6.95. The summed E-state index contributed by atoms with van der Waals surface area (Å²) in [5.74, 6) is 0.371. The molecule has 0 aliphatic heterocycles. The Hall–Kier alpha value is -2.15. The van der Waals surface area contributed by atoms with Gasteiger partial charge in [-0.05, 0) is 41.6 Å². The van der Waals surface area contributed by atoms with Crippen molar-refractivity contribution in [3.63, 3.8) is 0 Å². The van der Waals surface area contributed by atoms with Crippen molar-refractivity contribution in [3.05, 3.63) is 63.7 Å². The Kier molecular flexibility index (Phi) is 4.76. The van der Waals surface area contributed by atoms with Crippen molar-refractivity contribution in [2.75, 3.05) is 6.61 Å². The third-order valence-electron chi connectivity index (χ3n) is 3.34. The number of carbonyl (C=O) groups is 1. The van der Waals surface area contributed by atoms with Crippen molar-refractivity contribution in [3.8, 4) is 22.6 Å². The molecule has 1 heterocycles. The molecule has 0 fully saturated rings. The lowest BCUT2D eigenvalue weighted by atomic mass is 10.1. The first-order valence-electron chi connectivity index (χ1n) is 7.19. The standard InChI is InChI=1S/C18H14INO3/c1-2-22-18(21)14-10-8-13(9-11-14)17-15(19)16(20-23-17)12-6-4-3-5-7-12/h3-11H,2H2,1H3. The van der Waals surface area contributed by atoms with E-state index in [2.05, 4.69) is 27.7 Å². The van der Waals surface area contributed by atoms with Crippen molar-refractivity contribution in [2.24, 2.45) is 0 Å². The van der Waals surface area contributed by atoms with E-state index in [-0.39, 0.29) is 5.97 Å². The second-order valence-electron chi connectivity index (χ2n) is 4.84. The zero-order valence-electron chi connectivity index (χ0n) is 12.5. The van der Waals surface area contributed by atoms with E-state index in [1.54, 1.807) is 19.1 Å². The first kappa shape index (κ1) is 15.7. The number of rotatable bonds is 4. The molecule has 0 saturated carbocycles. The first-order valence-corrected chi connectivity index (χ1v) is 8.26. The van der Waals surface area contributed by atoms with Crippen molar-refractivity contribution in [2.45, 2.75) is 6.92 Å². The van der Waals surface area contributed by atoms with E-state index < -0.39 is 0 Å². The van der Waals surface area contributed by atoms with Crippen LogP contribution < -0.4 is 0 Å². The molecule has 0 unspecified atom stereocenters. The molecule has 4 nitrogen and oxygen atoms in total. The van der Waals surface area contributed by atoms with Crippen molar-refractivity contribution in [1.82, 2.24) is 5.16 Å². The van der Waals surface area contributed by atoms with Crippen LogP contribution in [-0.2, 0) is 4.74 Å². The molecule has 0 radical (unpaired) electrons. The van der Waals surface area contributed by atoms with Gasteiger partial charge in [0.1, 0.15) is 5.69 Å². The van der Waals surface area contributed by atoms with Gasteiger partial charge in [0.2, 0.25) is 0 Å². The minimum Gasteiger partial charge on any atom is -0.462 e. The highest BCUT2D eigenvalue weighted by Gasteiger charge is 2.17. The number of hydrogen-bond donors (Lipinski definition) is 0. The zero-order chi connectivity index (χ0) is 16.2. The van der Waals surface area contributed by atoms with Gasteiger partial charge in [-0.25, -0.2) is 4.79 Å². The molecule has 3 aromatic rings. The van der Waals surface area contributed by atoms with Gasteiger partial charge in [-0.15, -0.1) is 0 Å². The largest absolute Gasteiger partial charge is 0.462 e. The van der Waals surface area contributed by atoms with Gasteiger partial charge in [0, 0.05) is 11.1 Å². The topological polar surface area (TPSA) is 52.3 Å². The van der Waals surface area contributed by atoms with Crippen molar-refractivity contribution < 1.29 is 14.1 Å². The Bertz CT molecular complexity index is 810. The summed E-state index contributed by atoms with van der Waals surface area (Å²) < 4.78 is 11.4. The van der Waals surface area contributed by atoms with Gasteiger partial charge in [0.05, 0.1) is 15.7 Å². The summed E-state index contributed by atoms with van der Waals surface area (Å²) in [5, 5.41) is 4.18. The van der Waals surface area contributed by atoms with Crippen LogP contribution in [0.25, 0.3) is 22.6 Å². The smallest absolute Gasteiger partial charge is 0.338 e. The van der Waals surface area contributed by atoms with E-state index in [4.69, 9.17) is 9.26 Å². The third kappa shape index (κ3) is 3.29. The number of hydrogen-bond acceptors (Lipinski definition) is 4. The van der Waals surface area contributed by atoms with Crippen LogP contribution in [0.2, 0.25) is 0 Å². The molecular formula is C18H14INO3. The predicted molar refractivity (Wildman–Crippen MR) is 96.0 cm³/mol. The Labute approximate surface area is 147 Å². The summed E-state index contributed by atoms with van der Waals surface area (Å²) in [6.45, 7) is 2.15. The van der Waals surface area contributed by atoms with Crippen molar-refractivity contribution in [1.29, 1.82) is 0 Å². The molecular weight excluding hydrogens is 405 g/mol. The fourth-order valence-electron chi connectivity index (χ4n) is 2.21. The predicted octanol–water partition coefficient (Wildman–Crippen LogP) is 4.79. The summed E-state index contributed by atoms with van der Waals surface area (Å²) in [4.78, 5) is 11.7. The fraction of sp³-hybridized carbons (Fsp3) is 0.111. The lowest BCUT2D eigenvalue weighted by molar-refractivity contribution is 0.0526. The molecule has 0 N–H and O–H groups in total. The van der Waals surface area contributed by atoms with Crippen LogP contribution in [-0.4, -0.2) is 17.7 Å². The van der Waals surface area contributed by atoms with Crippen LogP contribution in [0.3, 0.4) is 0 Å². The maximum atomic E-state index is 11.7. The van der Waals surface area contributed by atoms with Crippen LogP contribution >= 0.6 is 22.6 Å². The van der Waals surface area contributed by atoms with Gasteiger partial charge in [0.15, 0.2) is 5.76 Å². The summed E-state index contributed by atoms with van der Waals surface area (Å²) in [7, 11) is 0. The molecule has 1 aromatic heterocycles. The zero-order valence-corrected chi connectivity index (χ0v) is 14.6. The number of aromatic nitrogens is 1. The van der Waals surface area contributed by atoms with Gasteiger partial charge < -0.3 is 9.26 Å². The Morgan fingerprint density at radius 1 is 1.09 bits per heavy atom. The average Bonchev–Trinajstić information content (AvgIpc) is 2.97. The first-order chi connectivity index (χ1) is 11.2. The lowest BCUT2D eigenvalue weighted by Crippen LogP contribution is -2.03. The average molecular weight is 419 g/mol. The highest BCUT2D eigenvalue weighted by Crippen LogP contribution is 2.33. The molecule has 116 valence electrons. The molecule has 5 heteroatoms. The molecule has 23 heavy (non-hydrogen) atoms. The quantitative estimate of drug-likeness (QED) is 0.451. The lowest BCUT2D eigenvalue weighted by Gasteiger charge is -2.02. The Morgan fingerprint density at radius 2 is 1.78 bits per heavy atom. The maximum Gasteiger partial charge on any atom is 0.338 e. The minimum atomic E-state index is -0.323. The van der Waals surface area contributed by atoms with Gasteiger partial charge in [-0.2, -0.15) is 0 Å². The normalized spacial score (nSPS) is 10.5. The molecule has 0 aliphatic carbocycles. The van der Waals surface area contributed by atoms with E-state index in [1.807, 2.05) is 42.5 Å². The molecule has 2 aromatic carbocycles.